The molecule has 1 aliphatic heterocycles. The van der Waals surface area contributed by atoms with Gasteiger partial charge in [-0.15, -0.1) is 0 Å². The van der Waals surface area contributed by atoms with Crippen LogP contribution in [0.3, 0.4) is 0 Å². The van der Waals surface area contributed by atoms with E-state index in [1.165, 1.54) is 27.8 Å². The first-order valence-corrected chi connectivity index (χ1v) is 10.4. The fraction of sp³-hybridized carbons (Fsp3) is 0.227. The molecule has 28 heavy (non-hydrogen) atoms. The average molecular weight is 411 g/mol. The lowest BCUT2D eigenvalue weighted by Crippen LogP contribution is -2.34. The lowest BCUT2D eigenvalue weighted by Gasteiger charge is -2.14. The van der Waals surface area contributed by atoms with Crippen molar-refractivity contribution in [2.75, 3.05) is 13.1 Å². The molecule has 1 fully saturated rings. The third-order valence-corrected chi connectivity index (χ3v) is 5.77. The van der Waals surface area contributed by atoms with Crippen LogP contribution in [-0.4, -0.2) is 34.1 Å². The second-order valence-corrected chi connectivity index (χ2v) is 8.26. The van der Waals surface area contributed by atoms with E-state index in [1.807, 2.05) is 67.6 Å². The molecule has 4 nitrogen and oxygen atoms in total. The van der Waals surface area contributed by atoms with Gasteiger partial charge in [0.05, 0.1) is 4.91 Å². The first-order valence-electron chi connectivity index (χ1n) is 9.15. The fourth-order valence-electron chi connectivity index (χ4n) is 2.80. The highest BCUT2D eigenvalue weighted by Gasteiger charge is 2.31. The number of carbonyl (C=O) groups excluding carboxylic acids is 2. The van der Waals surface area contributed by atoms with Gasteiger partial charge in [-0.1, -0.05) is 84.1 Å². The number of carbonyl (C=O) groups is 2. The second kappa shape index (κ2) is 9.66. The maximum absolute atomic E-state index is 12.6. The highest BCUT2D eigenvalue weighted by atomic mass is 32.2. The van der Waals surface area contributed by atoms with E-state index in [0.29, 0.717) is 22.3 Å². The van der Waals surface area contributed by atoms with E-state index < -0.39 is 0 Å². The molecular weight excluding hydrogens is 388 g/mol. The largest absolute Gasteiger partial charge is 0.356 e. The average Bonchev–Trinajstić information content (AvgIpc) is 2.96. The van der Waals surface area contributed by atoms with Crippen molar-refractivity contribution in [3.8, 4) is 0 Å². The Morgan fingerprint density at radius 2 is 1.86 bits per heavy atom. The van der Waals surface area contributed by atoms with Crippen LogP contribution in [0, 0.1) is 6.92 Å². The third kappa shape index (κ3) is 5.53. The van der Waals surface area contributed by atoms with E-state index in [2.05, 4.69) is 5.32 Å². The predicted molar refractivity (Wildman–Crippen MR) is 119 cm³/mol. The van der Waals surface area contributed by atoms with Gasteiger partial charge in [-0.05, 0) is 30.5 Å². The zero-order valence-electron chi connectivity index (χ0n) is 15.7. The number of nitrogens with zero attached hydrogens (tertiary/aromatic N) is 1. The molecule has 1 saturated heterocycles. The Hall–Kier alpha value is -2.44. The lowest BCUT2D eigenvalue weighted by atomic mass is 10.1. The molecular formula is C22H22N2O2S2. The first-order chi connectivity index (χ1) is 13.5. The maximum Gasteiger partial charge on any atom is 0.266 e. The summed E-state index contributed by atoms with van der Waals surface area (Å²) in [6.45, 7) is 2.90. The summed E-state index contributed by atoms with van der Waals surface area (Å²) in [5.74, 6) is -0.208. The topological polar surface area (TPSA) is 49.4 Å². The van der Waals surface area contributed by atoms with Crippen molar-refractivity contribution in [1.82, 2.24) is 10.2 Å². The van der Waals surface area contributed by atoms with E-state index >= 15 is 0 Å². The lowest BCUT2D eigenvalue weighted by molar-refractivity contribution is -0.123. The van der Waals surface area contributed by atoms with Crippen LogP contribution in [0.25, 0.3) is 6.08 Å². The number of hydrogen-bond donors (Lipinski definition) is 1. The van der Waals surface area contributed by atoms with E-state index in [9.17, 15) is 9.59 Å². The van der Waals surface area contributed by atoms with Gasteiger partial charge in [0.2, 0.25) is 5.91 Å². The van der Waals surface area contributed by atoms with Crippen molar-refractivity contribution in [1.29, 1.82) is 0 Å². The summed E-state index contributed by atoms with van der Waals surface area (Å²) in [4.78, 5) is 26.8. The van der Waals surface area contributed by atoms with Crippen LogP contribution in [0.2, 0.25) is 0 Å². The van der Waals surface area contributed by atoms with Crippen LogP contribution in [0.4, 0.5) is 0 Å². The molecule has 0 aromatic heterocycles. The number of benzene rings is 2. The highest BCUT2D eigenvalue weighted by molar-refractivity contribution is 8.26. The SMILES string of the molecule is Cc1ccc(/C=C2/SC(=S)N(CCC(=O)NCCc3ccccc3)C2=O)cc1. The van der Waals surface area contributed by atoms with Crippen molar-refractivity contribution >= 4 is 46.2 Å². The van der Waals surface area contributed by atoms with Gasteiger partial charge in [0.25, 0.3) is 5.91 Å². The molecule has 0 saturated carbocycles. The van der Waals surface area contributed by atoms with E-state index in [0.717, 1.165) is 12.0 Å². The Morgan fingerprint density at radius 3 is 2.57 bits per heavy atom. The quantitative estimate of drug-likeness (QED) is 0.555. The van der Waals surface area contributed by atoms with E-state index in [-0.39, 0.29) is 18.2 Å². The Labute approximate surface area is 175 Å². The van der Waals surface area contributed by atoms with Gasteiger partial charge in [0.15, 0.2) is 0 Å². The third-order valence-electron chi connectivity index (χ3n) is 4.39. The molecule has 1 aliphatic rings. The number of thiocarbonyl (C=S) groups is 1. The van der Waals surface area contributed by atoms with Crippen molar-refractivity contribution in [2.24, 2.45) is 0 Å². The Balaban J connectivity index is 1.48. The van der Waals surface area contributed by atoms with Gasteiger partial charge in [0, 0.05) is 19.5 Å². The minimum atomic E-state index is -0.132. The molecule has 0 spiro atoms. The second-order valence-electron chi connectivity index (χ2n) is 6.58. The Morgan fingerprint density at radius 1 is 1.14 bits per heavy atom. The smallest absolute Gasteiger partial charge is 0.266 e. The molecule has 2 aromatic carbocycles. The number of rotatable bonds is 7. The fourth-order valence-corrected chi connectivity index (χ4v) is 4.11. The number of amides is 2. The molecule has 1 heterocycles. The summed E-state index contributed by atoms with van der Waals surface area (Å²) >= 11 is 6.62. The normalized spacial score (nSPS) is 15.3. The minimum absolute atomic E-state index is 0.0764. The summed E-state index contributed by atoms with van der Waals surface area (Å²) in [7, 11) is 0. The summed E-state index contributed by atoms with van der Waals surface area (Å²) < 4.78 is 0.500. The van der Waals surface area contributed by atoms with Crippen LogP contribution in [-0.2, 0) is 16.0 Å². The molecule has 0 bridgehead atoms. The predicted octanol–water partition coefficient (Wildman–Crippen LogP) is 3.95. The summed E-state index contributed by atoms with van der Waals surface area (Å²) in [6.07, 6.45) is 2.87. The number of aryl methyl sites for hydroxylation is 1. The van der Waals surface area contributed by atoms with Crippen molar-refractivity contribution in [3.63, 3.8) is 0 Å². The number of thioether (sulfide) groups is 1. The van der Waals surface area contributed by atoms with Gasteiger partial charge < -0.3 is 5.32 Å². The van der Waals surface area contributed by atoms with Gasteiger partial charge in [-0.25, -0.2) is 0 Å². The Kier molecular flexibility index (Phi) is 7.01. The van der Waals surface area contributed by atoms with Crippen LogP contribution >= 0.6 is 24.0 Å². The highest BCUT2D eigenvalue weighted by Crippen LogP contribution is 2.32. The molecule has 1 N–H and O–H groups in total. The van der Waals surface area contributed by atoms with Crippen LogP contribution in [0.5, 0.6) is 0 Å². The molecule has 0 radical (unpaired) electrons. The van der Waals surface area contributed by atoms with E-state index in [4.69, 9.17) is 12.2 Å². The number of nitrogens with one attached hydrogen (secondary N) is 1. The molecule has 2 amide bonds. The standard InChI is InChI=1S/C22H22N2O2S2/c1-16-7-9-18(10-8-16)15-19-21(26)24(22(27)28-19)14-12-20(25)23-13-11-17-5-3-2-4-6-17/h2-10,15H,11-14H2,1H3,(H,23,25)/b19-15+. The molecule has 3 rings (SSSR count). The zero-order chi connectivity index (χ0) is 19.9. The molecule has 0 atom stereocenters. The summed E-state index contributed by atoms with van der Waals surface area (Å²) in [5, 5.41) is 2.90. The molecule has 0 aliphatic carbocycles. The minimum Gasteiger partial charge on any atom is -0.356 e. The van der Waals surface area contributed by atoms with Crippen LogP contribution in [0.1, 0.15) is 23.1 Å². The first kappa shape index (κ1) is 20.3. The molecule has 6 heteroatoms. The van der Waals surface area contributed by atoms with Gasteiger partial charge >= 0.3 is 0 Å². The van der Waals surface area contributed by atoms with E-state index in [1.54, 1.807) is 0 Å². The van der Waals surface area contributed by atoms with Gasteiger partial charge in [-0.3, -0.25) is 14.5 Å². The zero-order valence-corrected chi connectivity index (χ0v) is 17.3. The Bertz CT molecular complexity index is 893. The van der Waals surface area contributed by atoms with Crippen LogP contribution in [0.15, 0.2) is 59.5 Å². The van der Waals surface area contributed by atoms with Gasteiger partial charge in [0.1, 0.15) is 4.32 Å². The molecule has 2 aromatic rings. The van der Waals surface area contributed by atoms with Gasteiger partial charge in [-0.2, -0.15) is 0 Å². The summed E-state index contributed by atoms with van der Waals surface area (Å²) in [6, 6.07) is 18.0. The maximum atomic E-state index is 12.6. The van der Waals surface area contributed by atoms with Crippen molar-refractivity contribution in [3.05, 3.63) is 76.2 Å². The number of hydrogen-bond acceptors (Lipinski definition) is 4. The van der Waals surface area contributed by atoms with Crippen molar-refractivity contribution < 1.29 is 9.59 Å². The van der Waals surface area contributed by atoms with Crippen LogP contribution < -0.4 is 5.32 Å². The monoisotopic (exact) mass is 410 g/mol. The summed E-state index contributed by atoms with van der Waals surface area (Å²) in [5.41, 5.74) is 3.31. The van der Waals surface area contributed by atoms with Crippen molar-refractivity contribution in [2.45, 2.75) is 19.8 Å². The molecule has 0 unspecified atom stereocenters. The molecule has 144 valence electrons.